The van der Waals surface area contributed by atoms with Crippen LogP contribution in [0.25, 0.3) is 0 Å². The van der Waals surface area contributed by atoms with Crippen LogP contribution in [0.15, 0.2) is 47.4 Å². The fraction of sp³-hybridized carbons (Fsp3) is 0.200. The average Bonchev–Trinajstić information content (AvgIpc) is 2.48. The fourth-order valence-corrected chi connectivity index (χ4v) is 3.13. The number of rotatable bonds is 6. The first-order valence-corrected chi connectivity index (χ1v) is 7.68. The molecule has 112 valence electrons. The SMILES string of the molecule is COc1ccc(Cl)cc1C(CSc1cccc(F)c1)NN. The van der Waals surface area contributed by atoms with Gasteiger partial charge in [0.05, 0.1) is 13.2 Å². The summed E-state index contributed by atoms with van der Waals surface area (Å²) in [7, 11) is 1.60. The van der Waals surface area contributed by atoms with Crippen molar-refractivity contribution in [3.05, 3.63) is 58.9 Å². The lowest BCUT2D eigenvalue weighted by Crippen LogP contribution is -2.30. The molecule has 3 N–H and O–H groups in total. The fourth-order valence-electron chi connectivity index (χ4n) is 1.94. The lowest BCUT2D eigenvalue weighted by atomic mass is 10.1. The van der Waals surface area contributed by atoms with Gasteiger partial charge >= 0.3 is 0 Å². The number of benzene rings is 2. The Morgan fingerprint density at radius 3 is 2.81 bits per heavy atom. The number of nitrogens with one attached hydrogen (secondary N) is 1. The van der Waals surface area contributed by atoms with Gasteiger partial charge in [0.15, 0.2) is 0 Å². The standard InChI is InChI=1S/C15H16ClFN2OS/c1-20-15-6-5-10(16)7-13(15)14(19-18)9-21-12-4-2-3-11(17)8-12/h2-8,14,19H,9,18H2,1H3. The van der Waals surface area contributed by atoms with Gasteiger partial charge in [-0.1, -0.05) is 17.7 Å². The summed E-state index contributed by atoms with van der Waals surface area (Å²) in [6.45, 7) is 0. The van der Waals surface area contributed by atoms with Gasteiger partial charge in [-0.05, 0) is 36.4 Å². The zero-order valence-electron chi connectivity index (χ0n) is 11.5. The molecule has 0 amide bonds. The van der Waals surface area contributed by atoms with Crippen molar-refractivity contribution in [1.29, 1.82) is 0 Å². The quantitative estimate of drug-likeness (QED) is 0.482. The van der Waals surface area contributed by atoms with E-state index in [0.29, 0.717) is 16.5 Å². The summed E-state index contributed by atoms with van der Waals surface area (Å²) in [5.74, 6) is 6.72. The van der Waals surface area contributed by atoms with Crippen LogP contribution in [0.3, 0.4) is 0 Å². The normalized spacial score (nSPS) is 12.2. The molecule has 0 aliphatic rings. The van der Waals surface area contributed by atoms with E-state index in [9.17, 15) is 4.39 Å². The monoisotopic (exact) mass is 326 g/mol. The first-order chi connectivity index (χ1) is 10.1. The molecule has 0 radical (unpaired) electrons. The molecular formula is C15H16ClFN2OS. The topological polar surface area (TPSA) is 47.3 Å². The summed E-state index contributed by atoms with van der Waals surface area (Å²) in [4.78, 5) is 0.844. The highest BCUT2D eigenvalue weighted by Gasteiger charge is 2.16. The van der Waals surface area contributed by atoms with Crippen LogP contribution in [0.4, 0.5) is 4.39 Å². The molecule has 0 saturated heterocycles. The van der Waals surface area contributed by atoms with E-state index in [1.54, 1.807) is 25.3 Å². The maximum Gasteiger partial charge on any atom is 0.124 e. The van der Waals surface area contributed by atoms with Crippen molar-refractivity contribution in [2.45, 2.75) is 10.9 Å². The Bertz CT molecular complexity index is 612. The van der Waals surface area contributed by atoms with Crippen molar-refractivity contribution in [1.82, 2.24) is 5.43 Å². The molecule has 2 rings (SSSR count). The number of thioether (sulfide) groups is 1. The van der Waals surface area contributed by atoms with Crippen LogP contribution in [0.2, 0.25) is 5.02 Å². The molecule has 1 unspecified atom stereocenters. The highest BCUT2D eigenvalue weighted by Crippen LogP contribution is 2.31. The first-order valence-electron chi connectivity index (χ1n) is 6.32. The van der Waals surface area contributed by atoms with Gasteiger partial charge < -0.3 is 4.74 Å². The molecule has 0 heterocycles. The van der Waals surface area contributed by atoms with Crippen molar-refractivity contribution in [3.63, 3.8) is 0 Å². The van der Waals surface area contributed by atoms with E-state index in [4.69, 9.17) is 22.2 Å². The minimum Gasteiger partial charge on any atom is -0.496 e. The molecule has 0 saturated carbocycles. The van der Waals surface area contributed by atoms with Crippen LogP contribution in [-0.2, 0) is 0 Å². The second kappa shape index (κ2) is 7.66. The molecule has 3 nitrogen and oxygen atoms in total. The average molecular weight is 327 g/mol. The Morgan fingerprint density at radius 1 is 1.33 bits per heavy atom. The summed E-state index contributed by atoms with van der Waals surface area (Å²) < 4.78 is 18.5. The van der Waals surface area contributed by atoms with Gasteiger partial charge in [-0.15, -0.1) is 11.8 Å². The molecular weight excluding hydrogens is 311 g/mol. The predicted molar refractivity (Wildman–Crippen MR) is 85.2 cm³/mol. The maximum atomic E-state index is 13.2. The van der Waals surface area contributed by atoms with Crippen molar-refractivity contribution in [3.8, 4) is 5.75 Å². The smallest absolute Gasteiger partial charge is 0.124 e. The summed E-state index contributed by atoms with van der Waals surface area (Å²) >= 11 is 7.54. The second-order valence-corrected chi connectivity index (χ2v) is 5.90. The van der Waals surface area contributed by atoms with E-state index in [1.807, 2.05) is 12.1 Å². The second-order valence-electron chi connectivity index (χ2n) is 4.37. The van der Waals surface area contributed by atoms with Crippen LogP contribution in [0, 0.1) is 5.82 Å². The molecule has 0 bridgehead atoms. The Balaban J connectivity index is 2.15. The summed E-state index contributed by atoms with van der Waals surface area (Å²) in [5, 5.41) is 0.613. The van der Waals surface area contributed by atoms with Gasteiger partial charge in [0.1, 0.15) is 11.6 Å². The van der Waals surface area contributed by atoms with Gasteiger partial charge in [-0.3, -0.25) is 11.3 Å². The van der Waals surface area contributed by atoms with Gasteiger partial charge in [0.25, 0.3) is 0 Å². The van der Waals surface area contributed by atoms with E-state index in [-0.39, 0.29) is 11.9 Å². The number of hydrogen-bond acceptors (Lipinski definition) is 4. The highest BCUT2D eigenvalue weighted by molar-refractivity contribution is 7.99. The number of hydrazine groups is 1. The van der Waals surface area contributed by atoms with Crippen molar-refractivity contribution in [2.24, 2.45) is 5.84 Å². The third-order valence-corrected chi connectivity index (χ3v) is 4.30. The van der Waals surface area contributed by atoms with Crippen molar-refractivity contribution in [2.75, 3.05) is 12.9 Å². The molecule has 2 aromatic carbocycles. The molecule has 2 aromatic rings. The zero-order chi connectivity index (χ0) is 15.2. The Morgan fingerprint density at radius 2 is 2.14 bits per heavy atom. The summed E-state index contributed by atoms with van der Waals surface area (Å²) in [5.41, 5.74) is 3.62. The lowest BCUT2D eigenvalue weighted by Gasteiger charge is -2.19. The molecule has 0 aliphatic carbocycles. The van der Waals surface area contributed by atoms with Crippen molar-refractivity contribution >= 4 is 23.4 Å². The Kier molecular flexibility index (Phi) is 5.87. The van der Waals surface area contributed by atoms with Gasteiger partial charge in [0, 0.05) is 21.2 Å². The predicted octanol–water partition coefficient (Wildman–Crippen LogP) is 3.78. The third kappa shape index (κ3) is 4.35. The van der Waals surface area contributed by atoms with Crippen LogP contribution >= 0.6 is 23.4 Å². The molecule has 21 heavy (non-hydrogen) atoms. The number of nitrogens with two attached hydrogens (primary N) is 1. The van der Waals surface area contributed by atoms with Gasteiger partial charge in [-0.2, -0.15) is 0 Å². The molecule has 0 aromatic heterocycles. The van der Waals surface area contributed by atoms with Gasteiger partial charge in [-0.25, -0.2) is 4.39 Å². The number of ether oxygens (including phenoxy) is 1. The van der Waals surface area contributed by atoms with Crippen molar-refractivity contribution < 1.29 is 9.13 Å². The Labute approximate surface area is 132 Å². The van der Waals surface area contributed by atoms with E-state index in [0.717, 1.165) is 10.5 Å². The van der Waals surface area contributed by atoms with Crippen LogP contribution in [0.1, 0.15) is 11.6 Å². The van der Waals surface area contributed by atoms with Crippen LogP contribution in [0.5, 0.6) is 5.75 Å². The minimum atomic E-state index is -0.252. The zero-order valence-corrected chi connectivity index (χ0v) is 13.0. The number of hydrogen-bond donors (Lipinski definition) is 2. The van der Waals surface area contributed by atoms with Gasteiger partial charge in [0.2, 0.25) is 0 Å². The largest absolute Gasteiger partial charge is 0.496 e. The first kappa shape index (κ1) is 16.1. The third-order valence-electron chi connectivity index (χ3n) is 2.98. The Hall–Kier alpha value is -1.27. The summed E-state index contributed by atoms with van der Waals surface area (Å²) in [6.07, 6.45) is 0. The number of halogens is 2. The maximum absolute atomic E-state index is 13.2. The summed E-state index contributed by atoms with van der Waals surface area (Å²) in [6, 6.07) is 11.7. The molecule has 1 atom stereocenters. The van der Waals surface area contributed by atoms with E-state index in [2.05, 4.69) is 5.43 Å². The van der Waals surface area contributed by atoms with Crippen LogP contribution < -0.4 is 16.0 Å². The molecule has 0 fully saturated rings. The lowest BCUT2D eigenvalue weighted by molar-refractivity contribution is 0.403. The van der Waals surface area contributed by atoms with Crippen LogP contribution in [-0.4, -0.2) is 12.9 Å². The number of methoxy groups -OCH3 is 1. The molecule has 0 spiro atoms. The van der Waals surface area contributed by atoms with E-state index < -0.39 is 0 Å². The minimum absolute atomic E-state index is 0.160. The molecule has 0 aliphatic heterocycles. The molecule has 6 heteroatoms. The van der Waals surface area contributed by atoms with E-state index in [1.165, 1.54) is 23.9 Å². The highest BCUT2D eigenvalue weighted by atomic mass is 35.5. The van der Waals surface area contributed by atoms with E-state index >= 15 is 0 Å².